The summed E-state index contributed by atoms with van der Waals surface area (Å²) >= 11 is 3.86. The van der Waals surface area contributed by atoms with Gasteiger partial charge in [0.25, 0.3) is 0 Å². The van der Waals surface area contributed by atoms with E-state index in [9.17, 15) is 9.59 Å². The summed E-state index contributed by atoms with van der Waals surface area (Å²) in [5, 5.41) is 18.4. The Labute approximate surface area is 178 Å². The summed E-state index contributed by atoms with van der Waals surface area (Å²) in [6.45, 7) is 0. The molecule has 0 spiro atoms. The first-order valence-corrected chi connectivity index (χ1v) is 11.3. The van der Waals surface area contributed by atoms with Crippen molar-refractivity contribution in [1.29, 1.82) is 0 Å². The lowest BCUT2D eigenvalue weighted by Crippen LogP contribution is -2.14. The van der Waals surface area contributed by atoms with Crippen LogP contribution in [-0.2, 0) is 16.0 Å². The summed E-state index contributed by atoms with van der Waals surface area (Å²) in [4.78, 5) is 28.3. The Morgan fingerprint density at radius 3 is 2.66 bits per heavy atom. The minimum absolute atomic E-state index is 0.157. The van der Waals surface area contributed by atoms with Crippen molar-refractivity contribution in [2.75, 3.05) is 16.4 Å². The number of carbonyl (C=O) groups is 2. The molecule has 0 bridgehead atoms. The number of thioether (sulfide) groups is 1. The number of anilines is 2. The molecule has 0 aliphatic rings. The lowest BCUT2D eigenvalue weighted by molar-refractivity contribution is -0.115. The fraction of sp³-hybridized carbons (Fsp3) is 0.105. The second kappa shape index (κ2) is 9.12. The molecule has 10 heteroatoms. The van der Waals surface area contributed by atoms with Gasteiger partial charge in [0, 0.05) is 11.6 Å². The lowest BCUT2D eigenvalue weighted by atomic mass is 10.0. The predicted octanol–water partition coefficient (Wildman–Crippen LogP) is 4.06. The third kappa shape index (κ3) is 5.17. The van der Waals surface area contributed by atoms with Gasteiger partial charge < -0.3 is 10.6 Å². The molecule has 7 nitrogen and oxygen atoms in total. The Morgan fingerprint density at radius 1 is 0.966 bits per heavy atom. The van der Waals surface area contributed by atoms with Crippen molar-refractivity contribution >= 4 is 67.3 Å². The first kappa shape index (κ1) is 19.5. The van der Waals surface area contributed by atoms with Gasteiger partial charge in [-0.15, -0.1) is 21.5 Å². The van der Waals surface area contributed by atoms with Crippen LogP contribution in [0.4, 0.5) is 10.3 Å². The van der Waals surface area contributed by atoms with Gasteiger partial charge in [-0.2, -0.15) is 0 Å². The lowest BCUT2D eigenvalue weighted by Gasteiger charge is -2.06. The number of carbonyl (C=O) groups excluding carboxylic acids is 2. The Morgan fingerprint density at radius 2 is 1.79 bits per heavy atom. The Balaban J connectivity index is 1.31. The van der Waals surface area contributed by atoms with Crippen LogP contribution >= 0.6 is 34.4 Å². The van der Waals surface area contributed by atoms with Crippen LogP contribution in [-0.4, -0.2) is 32.7 Å². The second-order valence-electron chi connectivity index (χ2n) is 5.91. The molecule has 2 aromatic carbocycles. The zero-order valence-electron chi connectivity index (χ0n) is 15.0. The van der Waals surface area contributed by atoms with E-state index in [0.29, 0.717) is 14.6 Å². The van der Waals surface area contributed by atoms with Crippen LogP contribution in [0.2, 0.25) is 0 Å². The van der Waals surface area contributed by atoms with Gasteiger partial charge in [-0.25, -0.2) is 4.98 Å². The molecule has 0 unspecified atom stereocenters. The molecule has 0 saturated carbocycles. The molecule has 2 amide bonds. The van der Waals surface area contributed by atoms with Crippen LogP contribution in [0.15, 0.2) is 58.4 Å². The van der Waals surface area contributed by atoms with E-state index in [4.69, 9.17) is 0 Å². The first-order valence-electron chi connectivity index (χ1n) is 8.59. The van der Waals surface area contributed by atoms with Gasteiger partial charge in [-0.1, -0.05) is 65.6 Å². The van der Waals surface area contributed by atoms with E-state index < -0.39 is 0 Å². The molecule has 0 atom stereocenters. The van der Waals surface area contributed by atoms with Gasteiger partial charge in [0.15, 0.2) is 9.47 Å². The number of nitrogens with one attached hydrogen (secondary N) is 2. The van der Waals surface area contributed by atoms with Crippen molar-refractivity contribution in [3.05, 3.63) is 59.6 Å². The van der Waals surface area contributed by atoms with Gasteiger partial charge in [-0.3, -0.25) is 9.59 Å². The second-order valence-corrected chi connectivity index (χ2v) is 9.01. The summed E-state index contributed by atoms with van der Waals surface area (Å²) in [6.07, 6.45) is 1.88. The summed E-state index contributed by atoms with van der Waals surface area (Å²) < 4.78 is 0.611. The van der Waals surface area contributed by atoms with Gasteiger partial charge >= 0.3 is 0 Å². The molecule has 0 saturated heterocycles. The maximum absolute atomic E-state index is 12.4. The summed E-state index contributed by atoms with van der Waals surface area (Å²) in [5.41, 5.74) is 0.957. The molecule has 0 aliphatic carbocycles. The molecule has 2 N–H and O–H groups in total. The van der Waals surface area contributed by atoms with Crippen molar-refractivity contribution in [3.8, 4) is 0 Å². The van der Waals surface area contributed by atoms with E-state index >= 15 is 0 Å². The third-order valence-electron chi connectivity index (χ3n) is 3.89. The average molecular weight is 442 g/mol. The van der Waals surface area contributed by atoms with Crippen molar-refractivity contribution in [2.24, 2.45) is 0 Å². The van der Waals surface area contributed by atoms with E-state index in [1.54, 1.807) is 11.6 Å². The van der Waals surface area contributed by atoms with Gasteiger partial charge in [-0.05, 0) is 16.3 Å². The van der Waals surface area contributed by atoms with Crippen molar-refractivity contribution in [1.82, 2.24) is 15.2 Å². The Bertz CT molecular complexity index is 1140. The number of nitrogens with zero attached hydrogens (tertiary/aromatic N) is 3. The normalized spacial score (nSPS) is 10.8. The number of aromatic nitrogens is 3. The Hall–Kier alpha value is -2.82. The molecule has 4 aromatic rings. The van der Waals surface area contributed by atoms with Gasteiger partial charge in [0.1, 0.15) is 0 Å². The van der Waals surface area contributed by atoms with Gasteiger partial charge in [0.05, 0.1) is 12.2 Å². The molecular weight excluding hydrogens is 426 g/mol. The van der Waals surface area contributed by atoms with E-state index in [2.05, 4.69) is 25.8 Å². The highest BCUT2D eigenvalue weighted by molar-refractivity contribution is 8.01. The zero-order valence-corrected chi connectivity index (χ0v) is 17.4. The first-order chi connectivity index (χ1) is 14.2. The molecular formula is C19H15N5O2S3. The highest BCUT2D eigenvalue weighted by atomic mass is 32.2. The molecule has 4 rings (SSSR count). The number of hydrogen-bond donors (Lipinski definition) is 2. The number of fused-ring (bicyclic) bond motifs is 1. The van der Waals surface area contributed by atoms with Crippen LogP contribution in [0.3, 0.4) is 0 Å². The monoisotopic (exact) mass is 441 g/mol. The summed E-state index contributed by atoms with van der Waals surface area (Å²) in [5.74, 6) is -0.129. The summed E-state index contributed by atoms with van der Waals surface area (Å²) in [7, 11) is 0. The molecule has 146 valence electrons. The fourth-order valence-corrected chi connectivity index (χ4v) is 4.78. The van der Waals surface area contributed by atoms with Crippen molar-refractivity contribution < 1.29 is 9.59 Å². The number of benzene rings is 2. The van der Waals surface area contributed by atoms with E-state index in [1.165, 1.54) is 34.4 Å². The highest BCUT2D eigenvalue weighted by Gasteiger charge is 2.12. The van der Waals surface area contributed by atoms with Crippen LogP contribution < -0.4 is 10.6 Å². The maximum atomic E-state index is 12.4. The molecule has 0 aliphatic heterocycles. The minimum Gasteiger partial charge on any atom is -0.301 e. The molecule has 0 radical (unpaired) electrons. The molecule has 2 aromatic heterocycles. The van der Waals surface area contributed by atoms with Crippen LogP contribution in [0.25, 0.3) is 10.8 Å². The summed E-state index contributed by atoms with van der Waals surface area (Å²) in [6, 6.07) is 13.9. The number of rotatable bonds is 7. The third-order valence-corrected chi connectivity index (χ3v) is 6.55. The van der Waals surface area contributed by atoms with Crippen LogP contribution in [0, 0.1) is 0 Å². The largest absolute Gasteiger partial charge is 0.301 e. The quantitative estimate of drug-likeness (QED) is 0.332. The smallest absolute Gasteiger partial charge is 0.236 e. The van der Waals surface area contributed by atoms with E-state index in [-0.39, 0.29) is 24.0 Å². The molecule has 0 fully saturated rings. The number of thiazole rings is 1. The predicted molar refractivity (Wildman–Crippen MR) is 118 cm³/mol. The van der Waals surface area contributed by atoms with E-state index in [0.717, 1.165) is 16.3 Å². The molecule has 29 heavy (non-hydrogen) atoms. The van der Waals surface area contributed by atoms with Crippen LogP contribution in [0.1, 0.15) is 5.56 Å². The highest BCUT2D eigenvalue weighted by Crippen LogP contribution is 2.26. The standard InChI is InChI=1S/C19H15N5O2S3/c25-15(10-13-6-3-5-12-4-1-2-7-14(12)13)21-18-23-24-19(29-18)28-11-16(26)22-17-20-8-9-27-17/h1-9H,10-11H2,(H,20,22,26)(H,21,23,25). The van der Waals surface area contributed by atoms with E-state index in [1.807, 2.05) is 42.5 Å². The minimum atomic E-state index is -0.165. The molecule has 2 heterocycles. The average Bonchev–Trinajstić information content (AvgIpc) is 3.39. The topological polar surface area (TPSA) is 96.9 Å². The zero-order chi connectivity index (χ0) is 20.1. The van der Waals surface area contributed by atoms with Gasteiger partial charge in [0.2, 0.25) is 16.9 Å². The number of amides is 2. The SMILES string of the molecule is O=C(CSc1nnc(NC(=O)Cc2cccc3ccccc23)s1)Nc1nccs1. The Kier molecular flexibility index (Phi) is 6.13. The van der Waals surface area contributed by atoms with Crippen molar-refractivity contribution in [2.45, 2.75) is 10.8 Å². The maximum Gasteiger partial charge on any atom is 0.236 e. The van der Waals surface area contributed by atoms with Crippen molar-refractivity contribution in [3.63, 3.8) is 0 Å². The number of hydrogen-bond acceptors (Lipinski definition) is 8. The van der Waals surface area contributed by atoms with Crippen LogP contribution in [0.5, 0.6) is 0 Å². The fourth-order valence-electron chi connectivity index (χ4n) is 2.67.